The molecule has 0 aliphatic rings. The van der Waals surface area contributed by atoms with Gasteiger partial charge in [0, 0.05) is 30.1 Å². The molecule has 0 bridgehead atoms. The van der Waals surface area contributed by atoms with Crippen molar-refractivity contribution in [3.8, 4) is 10.7 Å². The van der Waals surface area contributed by atoms with Gasteiger partial charge in [0.05, 0.1) is 11.4 Å². The third-order valence-electron chi connectivity index (χ3n) is 3.64. The van der Waals surface area contributed by atoms with Gasteiger partial charge in [0.1, 0.15) is 5.01 Å². The van der Waals surface area contributed by atoms with Crippen molar-refractivity contribution in [3.63, 3.8) is 0 Å². The molecule has 3 rings (SSSR count). The molecule has 4 nitrogen and oxygen atoms in total. The van der Waals surface area contributed by atoms with Gasteiger partial charge in [-0.15, -0.1) is 11.3 Å². The lowest BCUT2D eigenvalue weighted by molar-refractivity contribution is -0.117. The van der Waals surface area contributed by atoms with Crippen LogP contribution in [0, 0.1) is 0 Å². The van der Waals surface area contributed by atoms with Crippen molar-refractivity contribution < 1.29 is 4.79 Å². The summed E-state index contributed by atoms with van der Waals surface area (Å²) >= 11 is 1.57. The monoisotopic (exact) mass is 349 g/mol. The number of amides is 1. The van der Waals surface area contributed by atoms with Gasteiger partial charge in [-0.2, -0.15) is 0 Å². The van der Waals surface area contributed by atoms with E-state index in [1.54, 1.807) is 17.5 Å². The van der Waals surface area contributed by atoms with Gasteiger partial charge in [-0.25, -0.2) is 4.98 Å². The minimum atomic E-state index is -0.0518. The van der Waals surface area contributed by atoms with Crippen LogP contribution in [0.2, 0.25) is 0 Å². The Morgan fingerprint density at radius 2 is 1.96 bits per heavy atom. The lowest BCUT2D eigenvalue weighted by atomic mass is 10.1. The Morgan fingerprint density at radius 1 is 1.16 bits per heavy atom. The number of carbonyl (C=O) groups excluding carboxylic acids is 1. The molecule has 1 N–H and O–H groups in total. The Kier molecular flexibility index (Phi) is 5.69. The lowest BCUT2D eigenvalue weighted by Crippen LogP contribution is -2.26. The second-order valence-corrected chi connectivity index (χ2v) is 6.46. The highest BCUT2D eigenvalue weighted by Crippen LogP contribution is 2.21. The maximum absolute atomic E-state index is 12.2. The molecule has 0 saturated heterocycles. The average Bonchev–Trinajstić information content (AvgIpc) is 3.12. The number of hydrogen-bond donors (Lipinski definition) is 1. The highest BCUT2D eigenvalue weighted by molar-refractivity contribution is 7.13. The van der Waals surface area contributed by atoms with Gasteiger partial charge in [-0.05, 0) is 30.7 Å². The van der Waals surface area contributed by atoms with Gasteiger partial charge in [0.15, 0.2) is 0 Å². The molecule has 2 heterocycles. The van der Waals surface area contributed by atoms with Crippen LogP contribution in [0.25, 0.3) is 16.8 Å². The van der Waals surface area contributed by atoms with Crippen LogP contribution < -0.4 is 5.32 Å². The fourth-order valence-electron chi connectivity index (χ4n) is 2.34. The second kappa shape index (κ2) is 8.35. The summed E-state index contributed by atoms with van der Waals surface area (Å²) in [5, 5.41) is 5.86. The van der Waals surface area contributed by atoms with Crippen LogP contribution in [-0.4, -0.2) is 22.4 Å². The summed E-state index contributed by atoms with van der Waals surface area (Å²) in [6, 6.07) is 15.6. The Hall–Kier alpha value is -2.79. The zero-order valence-corrected chi connectivity index (χ0v) is 14.8. The summed E-state index contributed by atoms with van der Waals surface area (Å²) in [5.74, 6) is -0.0518. The zero-order chi connectivity index (χ0) is 17.5. The summed E-state index contributed by atoms with van der Waals surface area (Å²) in [6.45, 7) is 2.38. The number of aromatic nitrogens is 2. The van der Waals surface area contributed by atoms with Gasteiger partial charge >= 0.3 is 0 Å². The molecule has 0 spiro atoms. The molecule has 2 aromatic heterocycles. The van der Waals surface area contributed by atoms with Crippen molar-refractivity contribution in [2.45, 2.75) is 13.3 Å². The fraction of sp³-hybridized carbons (Fsp3) is 0.150. The molecule has 0 unspecified atom stereocenters. The van der Waals surface area contributed by atoms with Gasteiger partial charge in [0.25, 0.3) is 0 Å². The molecule has 126 valence electrons. The summed E-state index contributed by atoms with van der Waals surface area (Å²) in [6.07, 6.45) is 4.35. The summed E-state index contributed by atoms with van der Waals surface area (Å²) in [4.78, 5) is 21.0. The first kappa shape index (κ1) is 17.0. The van der Waals surface area contributed by atoms with Crippen LogP contribution in [0.4, 0.5) is 0 Å². The number of carbonyl (C=O) groups is 1. The zero-order valence-electron chi connectivity index (χ0n) is 14.0. The minimum absolute atomic E-state index is 0.0518. The number of hydrogen-bond acceptors (Lipinski definition) is 4. The highest BCUT2D eigenvalue weighted by atomic mass is 32.1. The summed E-state index contributed by atoms with van der Waals surface area (Å²) < 4.78 is 0. The Labute approximate surface area is 151 Å². The lowest BCUT2D eigenvalue weighted by Gasteiger charge is -2.04. The SMILES string of the molecule is C/C(=C\c1ccccc1)C(=O)NCCc1csc(-c2ccccn2)n1. The number of thiazole rings is 1. The van der Waals surface area contributed by atoms with E-state index in [1.807, 2.05) is 66.9 Å². The predicted molar refractivity (Wildman–Crippen MR) is 102 cm³/mol. The van der Waals surface area contributed by atoms with E-state index < -0.39 is 0 Å². The second-order valence-electron chi connectivity index (χ2n) is 5.60. The average molecular weight is 349 g/mol. The Balaban J connectivity index is 1.52. The quantitative estimate of drug-likeness (QED) is 0.685. The molecule has 0 saturated carbocycles. The minimum Gasteiger partial charge on any atom is -0.352 e. The van der Waals surface area contributed by atoms with Crippen LogP contribution in [0.3, 0.4) is 0 Å². The van der Waals surface area contributed by atoms with E-state index in [9.17, 15) is 4.79 Å². The van der Waals surface area contributed by atoms with Gasteiger partial charge in [-0.1, -0.05) is 36.4 Å². The molecular formula is C20H19N3OS. The topological polar surface area (TPSA) is 54.9 Å². The van der Waals surface area contributed by atoms with Crippen molar-refractivity contribution >= 4 is 23.3 Å². The number of pyridine rings is 1. The number of benzene rings is 1. The summed E-state index contributed by atoms with van der Waals surface area (Å²) in [5.41, 5.74) is 3.56. The van der Waals surface area contributed by atoms with Crippen LogP contribution in [0.1, 0.15) is 18.2 Å². The molecule has 0 atom stereocenters. The Bertz CT molecular complexity index is 857. The van der Waals surface area contributed by atoms with Gasteiger partial charge in [0.2, 0.25) is 5.91 Å². The molecule has 0 radical (unpaired) electrons. The molecule has 5 heteroatoms. The van der Waals surface area contributed by atoms with E-state index >= 15 is 0 Å². The third-order valence-corrected chi connectivity index (χ3v) is 4.56. The van der Waals surface area contributed by atoms with E-state index in [-0.39, 0.29) is 5.91 Å². The molecule has 0 aliphatic carbocycles. The Morgan fingerprint density at radius 3 is 2.72 bits per heavy atom. The van der Waals surface area contributed by atoms with Crippen molar-refractivity contribution in [3.05, 3.63) is 76.9 Å². The van der Waals surface area contributed by atoms with Crippen molar-refractivity contribution in [2.75, 3.05) is 6.54 Å². The van der Waals surface area contributed by atoms with E-state index in [2.05, 4.69) is 15.3 Å². The summed E-state index contributed by atoms with van der Waals surface area (Å²) in [7, 11) is 0. The van der Waals surface area contributed by atoms with Gasteiger partial charge < -0.3 is 5.32 Å². The van der Waals surface area contributed by atoms with E-state index in [0.717, 1.165) is 22.0 Å². The van der Waals surface area contributed by atoms with Gasteiger partial charge in [-0.3, -0.25) is 9.78 Å². The van der Waals surface area contributed by atoms with Crippen LogP contribution in [0.5, 0.6) is 0 Å². The molecular weight excluding hydrogens is 330 g/mol. The van der Waals surface area contributed by atoms with Crippen LogP contribution in [0.15, 0.2) is 65.7 Å². The standard InChI is InChI=1S/C20H19N3OS/c1-15(13-16-7-3-2-4-8-16)19(24)22-12-10-17-14-25-20(23-17)18-9-5-6-11-21-18/h2-9,11,13-14H,10,12H2,1H3,(H,22,24)/b15-13+. The maximum atomic E-state index is 12.2. The van der Waals surface area contributed by atoms with Crippen LogP contribution >= 0.6 is 11.3 Å². The highest BCUT2D eigenvalue weighted by Gasteiger charge is 2.07. The molecule has 25 heavy (non-hydrogen) atoms. The first-order valence-electron chi connectivity index (χ1n) is 8.10. The van der Waals surface area contributed by atoms with E-state index in [0.29, 0.717) is 18.5 Å². The van der Waals surface area contributed by atoms with Crippen LogP contribution in [-0.2, 0) is 11.2 Å². The fourth-order valence-corrected chi connectivity index (χ4v) is 3.17. The molecule has 1 aromatic carbocycles. The van der Waals surface area contributed by atoms with E-state index in [4.69, 9.17) is 0 Å². The maximum Gasteiger partial charge on any atom is 0.246 e. The largest absolute Gasteiger partial charge is 0.352 e. The number of nitrogens with zero attached hydrogens (tertiary/aromatic N) is 2. The number of nitrogens with one attached hydrogen (secondary N) is 1. The van der Waals surface area contributed by atoms with Crippen molar-refractivity contribution in [1.29, 1.82) is 0 Å². The predicted octanol–water partition coefficient (Wildman–Crippen LogP) is 3.97. The smallest absolute Gasteiger partial charge is 0.246 e. The van der Waals surface area contributed by atoms with Crippen molar-refractivity contribution in [2.24, 2.45) is 0 Å². The third kappa shape index (κ3) is 4.84. The van der Waals surface area contributed by atoms with Crippen molar-refractivity contribution in [1.82, 2.24) is 15.3 Å². The number of rotatable bonds is 6. The van der Waals surface area contributed by atoms with E-state index in [1.165, 1.54) is 0 Å². The molecule has 0 fully saturated rings. The normalized spacial score (nSPS) is 11.3. The first-order chi connectivity index (χ1) is 12.2. The first-order valence-corrected chi connectivity index (χ1v) is 8.98. The molecule has 1 amide bonds. The molecule has 3 aromatic rings. The molecule has 0 aliphatic heterocycles.